The van der Waals surface area contributed by atoms with Gasteiger partial charge in [0, 0.05) is 5.69 Å². The molecule has 4 N–H and O–H groups in total. The van der Waals surface area contributed by atoms with Gasteiger partial charge in [-0.15, -0.1) is 11.8 Å². The van der Waals surface area contributed by atoms with Crippen molar-refractivity contribution in [3.05, 3.63) is 59.9 Å². The number of aryl methyl sites for hydroxylation is 1. The van der Waals surface area contributed by atoms with Gasteiger partial charge in [-0.3, -0.25) is 4.79 Å². The van der Waals surface area contributed by atoms with Gasteiger partial charge < -0.3 is 21.1 Å². The molecular weight excluding hydrogens is 426 g/mol. The molecule has 1 amide bonds. The Morgan fingerprint density at radius 1 is 1.10 bits per heavy atom. The molecule has 0 saturated carbocycles. The number of carbonyl (C=O) groups is 1. The van der Waals surface area contributed by atoms with E-state index in [1.165, 1.54) is 30.0 Å². The number of hydrogen-bond donors (Lipinski definition) is 3. The summed E-state index contributed by atoms with van der Waals surface area (Å²) >= 11 is 1.24. The summed E-state index contributed by atoms with van der Waals surface area (Å²) < 4.78 is 29.4. The van der Waals surface area contributed by atoms with Crippen molar-refractivity contribution in [3.63, 3.8) is 0 Å². The Bertz CT molecular complexity index is 1050. The number of para-hydroxylation sites is 3. The molecule has 0 unspecified atom stereocenters. The third-order valence-electron chi connectivity index (χ3n) is 3.93. The van der Waals surface area contributed by atoms with E-state index in [0.717, 1.165) is 11.3 Å². The van der Waals surface area contributed by atoms with Crippen LogP contribution >= 0.6 is 11.8 Å². The van der Waals surface area contributed by atoms with E-state index in [9.17, 15) is 13.6 Å². The molecule has 0 aliphatic heterocycles. The Morgan fingerprint density at radius 3 is 2.55 bits per heavy atom. The molecule has 1 heterocycles. The van der Waals surface area contributed by atoms with Crippen LogP contribution in [0.15, 0.2) is 48.5 Å². The second-order valence-corrected chi connectivity index (χ2v) is 7.27. The SMILES string of the molecule is Cc1ccccc1Nc1nc(N)nc(CSCC(=O)Nc2ccccc2OC(F)F)n1. The van der Waals surface area contributed by atoms with Gasteiger partial charge in [0.05, 0.1) is 17.2 Å². The van der Waals surface area contributed by atoms with Crippen molar-refractivity contribution in [3.8, 4) is 5.75 Å². The Morgan fingerprint density at radius 2 is 1.81 bits per heavy atom. The van der Waals surface area contributed by atoms with Gasteiger partial charge in [0.25, 0.3) is 0 Å². The van der Waals surface area contributed by atoms with E-state index in [-0.39, 0.29) is 29.0 Å². The molecular formula is C20H20F2N6O2S. The van der Waals surface area contributed by atoms with E-state index in [1.54, 1.807) is 6.07 Å². The van der Waals surface area contributed by atoms with E-state index in [2.05, 4.69) is 30.3 Å². The number of anilines is 4. The molecule has 3 aromatic rings. The number of amides is 1. The molecule has 3 rings (SSSR count). The van der Waals surface area contributed by atoms with E-state index < -0.39 is 6.61 Å². The number of carbonyl (C=O) groups excluding carboxylic acids is 1. The lowest BCUT2D eigenvalue weighted by Gasteiger charge is -2.11. The highest BCUT2D eigenvalue weighted by molar-refractivity contribution is 7.99. The number of ether oxygens (including phenoxy) is 1. The van der Waals surface area contributed by atoms with Crippen molar-refractivity contribution in [2.24, 2.45) is 0 Å². The van der Waals surface area contributed by atoms with E-state index in [0.29, 0.717) is 17.5 Å². The lowest BCUT2D eigenvalue weighted by atomic mass is 10.2. The minimum absolute atomic E-state index is 0.0507. The summed E-state index contributed by atoms with van der Waals surface area (Å²) in [5.41, 5.74) is 7.81. The zero-order valence-corrected chi connectivity index (χ0v) is 17.3. The maximum absolute atomic E-state index is 12.5. The second-order valence-electron chi connectivity index (χ2n) is 6.29. The van der Waals surface area contributed by atoms with Crippen LogP contribution in [0.4, 0.5) is 32.1 Å². The quantitative estimate of drug-likeness (QED) is 0.452. The number of nitrogens with two attached hydrogens (primary N) is 1. The first kappa shape index (κ1) is 22.2. The minimum Gasteiger partial charge on any atom is -0.433 e. The number of alkyl halides is 2. The first-order valence-corrected chi connectivity index (χ1v) is 10.3. The number of thioether (sulfide) groups is 1. The predicted molar refractivity (Wildman–Crippen MR) is 117 cm³/mol. The largest absolute Gasteiger partial charge is 0.433 e. The van der Waals surface area contributed by atoms with Gasteiger partial charge in [-0.2, -0.15) is 23.7 Å². The molecule has 0 saturated heterocycles. The Hall–Kier alpha value is -3.47. The third kappa shape index (κ3) is 6.78. The fraction of sp³-hybridized carbons (Fsp3) is 0.200. The first-order valence-electron chi connectivity index (χ1n) is 9.15. The van der Waals surface area contributed by atoms with Gasteiger partial charge in [-0.25, -0.2) is 0 Å². The molecule has 0 atom stereocenters. The van der Waals surface area contributed by atoms with Crippen LogP contribution in [0.2, 0.25) is 0 Å². The number of halogens is 2. The van der Waals surface area contributed by atoms with Gasteiger partial charge in [0.2, 0.25) is 17.8 Å². The maximum Gasteiger partial charge on any atom is 0.387 e. The number of hydrogen-bond acceptors (Lipinski definition) is 8. The molecule has 1 aromatic heterocycles. The molecule has 0 aliphatic carbocycles. The molecule has 8 nitrogen and oxygen atoms in total. The Kier molecular flexibility index (Phi) is 7.55. The Labute approximate surface area is 181 Å². The van der Waals surface area contributed by atoms with Gasteiger partial charge in [-0.1, -0.05) is 30.3 Å². The molecule has 0 spiro atoms. The van der Waals surface area contributed by atoms with Crippen LogP contribution in [0.5, 0.6) is 5.75 Å². The smallest absolute Gasteiger partial charge is 0.387 e. The maximum atomic E-state index is 12.5. The van der Waals surface area contributed by atoms with Crippen molar-refractivity contribution >= 4 is 40.9 Å². The highest BCUT2D eigenvalue weighted by atomic mass is 32.2. The van der Waals surface area contributed by atoms with Crippen LogP contribution in [0.25, 0.3) is 0 Å². The summed E-state index contributed by atoms with van der Waals surface area (Å²) in [5, 5.41) is 5.66. The van der Waals surface area contributed by atoms with Crippen LogP contribution in [-0.2, 0) is 10.5 Å². The van der Waals surface area contributed by atoms with Gasteiger partial charge >= 0.3 is 6.61 Å². The number of rotatable bonds is 9. The summed E-state index contributed by atoms with van der Waals surface area (Å²) in [6.45, 7) is -1.03. The summed E-state index contributed by atoms with van der Waals surface area (Å²) in [6.07, 6.45) is 0. The lowest BCUT2D eigenvalue weighted by Crippen LogP contribution is -2.16. The van der Waals surface area contributed by atoms with Crippen LogP contribution in [0.1, 0.15) is 11.4 Å². The highest BCUT2D eigenvalue weighted by Gasteiger charge is 2.12. The first-order chi connectivity index (χ1) is 14.9. The standard InChI is InChI=1S/C20H20F2N6O2S/c1-12-6-2-3-7-13(12)25-20-27-16(26-19(23)28-20)10-31-11-17(29)24-14-8-4-5-9-15(14)30-18(21)22/h2-9,18H,10-11H2,1H3,(H,24,29)(H3,23,25,26,27,28). The van der Waals surface area contributed by atoms with Crippen LogP contribution in [0, 0.1) is 6.92 Å². The van der Waals surface area contributed by atoms with E-state index >= 15 is 0 Å². The van der Waals surface area contributed by atoms with Crippen LogP contribution in [0.3, 0.4) is 0 Å². The highest BCUT2D eigenvalue weighted by Crippen LogP contribution is 2.26. The zero-order chi connectivity index (χ0) is 22.2. The number of nitrogen functional groups attached to an aromatic ring is 1. The molecule has 162 valence electrons. The Balaban J connectivity index is 1.56. The van der Waals surface area contributed by atoms with E-state index in [1.807, 2.05) is 31.2 Å². The monoisotopic (exact) mass is 446 g/mol. The van der Waals surface area contributed by atoms with Crippen LogP contribution in [-0.4, -0.2) is 33.2 Å². The molecule has 0 bridgehead atoms. The zero-order valence-electron chi connectivity index (χ0n) is 16.5. The summed E-state index contributed by atoms with van der Waals surface area (Å²) in [7, 11) is 0. The number of nitrogens with zero attached hydrogens (tertiary/aromatic N) is 3. The summed E-state index contributed by atoms with van der Waals surface area (Å²) in [6, 6.07) is 13.6. The summed E-state index contributed by atoms with van der Waals surface area (Å²) in [4.78, 5) is 24.7. The molecule has 31 heavy (non-hydrogen) atoms. The van der Waals surface area contributed by atoms with Crippen molar-refractivity contribution < 1.29 is 18.3 Å². The van der Waals surface area contributed by atoms with Gasteiger partial charge in [0.15, 0.2) is 0 Å². The molecule has 0 fully saturated rings. The van der Waals surface area contributed by atoms with Crippen molar-refractivity contribution in [2.75, 3.05) is 22.1 Å². The fourth-order valence-electron chi connectivity index (χ4n) is 2.58. The van der Waals surface area contributed by atoms with Crippen molar-refractivity contribution in [1.29, 1.82) is 0 Å². The third-order valence-corrected chi connectivity index (χ3v) is 4.86. The fourth-order valence-corrected chi connectivity index (χ4v) is 3.25. The van der Waals surface area contributed by atoms with Gasteiger partial charge in [0.1, 0.15) is 11.6 Å². The van der Waals surface area contributed by atoms with Crippen molar-refractivity contribution in [1.82, 2.24) is 15.0 Å². The normalized spacial score (nSPS) is 10.7. The molecule has 11 heteroatoms. The van der Waals surface area contributed by atoms with Gasteiger partial charge in [-0.05, 0) is 30.7 Å². The average Bonchev–Trinajstić information content (AvgIpc) is 2.70. The number of nitrogens with one attached hydrogen (secondary N) is 2. The molecule has 0 aliphatic rings. The lowest BCUT2D eigenvalue weighted by molar-refractivity contribution is -0.113. The minimum atomic E-state index is -2.98. The molecule has 0 radical (unpaired) electrons. The second kappa shape index (κ2) is 10.5. The summed E-state index contributed by atoms with van der Waals surface area (Å²) in [5.74, 6) is 0.642. The molecule has 2 aromatic carbocycles. The number of benzene rings is 2. The average molecular weight is 446 g/mol. The predicted octanol–water partition coefficient (Wildman–Crippen LogP) is 3.98. The van der Waals surface area contributed by atoms with Crippen LogP contribution < -0.4 is 21.1 Å². The van der Waals surface area contributed by atoms with Crippen molar-refractivity contribution in [2.45, 2.75) is 19.3 Å². The van der Waals surface area contributed by atoms with E-state index in [4.69, 9.17) is 5.73 Å². The topological polar surface area (TPSA) is 115 Å². The number of aromatic nitrogens is 3.